The van der Waals surface area contributed by atoms with E-state index in [0.717, 1.165) is 31.5 Å². The van der Waals surface area contributed by atoms with Crippen molar-refractivity contribution in [2.75, 3.05) is 19.7 Å². The second-order valence-electron chi connectivity index (χ2n) is 5.57. The summed E-state index contributed by atoms with van der Waals surface area (Å²) in [5.74, 6) is 0.120. The highest BCUT2D eigenvalue weighted by molar-refractivity contribution is 5.86. The van der Waals surface area contributed by atoms with Crippen molar-refractivity contribution in [1.82, 2.24) is 4.90 Å². The van der Waals surface area contributed by atoms with Gasteiger partial charge in [0.15, 0.2) is 6.61 Å². The first kappa shape index (κ1) is 14.1. The molecule has 1 heterocycles. The molecule has 19 heavy (non-hydrogen) atoms. The van der Waals surface area contributed by atoms with Crippen LogP contribution in [0.15, 0.2) is 11.6 Å². The smallest absolute Gasteiger partial charge is 0.331 e. The van der Waals surface area contributed by atoms with Crippen molar-refractivity contribution in [2.45, 2.75) is 45.4 Å². The van der Waals surface area contributed by atoms with Crippen LogP contribution in [0.1, 0.15) is 45.4 Å². The Morgan fingerprint density at radius 1 is 1.16 bits per heavy atom. The maximum absolute atomic E-state index is 11.9. The van der Waals surface area contributed by atoms with Crippen LogP contribution in [0.25, 0.3) is 0 Å². The van der Waals surface area contributed by atoms with Gasteiger partial charge in [0.05, 0.1) is 0 Å². The summed E-state index contributed by atoms with van der Waals surface area (Å²) in [6.07, 6.45) is 8.36. The molecule has 0 aromatic carbocycles. The Bertz CT molecular complexity index is 364. The number of esters is 1. The third-order valence-corrected chi connectivity index (χ3v) is 3.86. The molecule has 2 rings (SSSR count). The van der Waals surface area contributed by atoms with Gasteiger partial charge >= 0.3 is 5.97 Å². The summed E-state index contributed by atoms with van der Waals surface area (Å²) in [6.45, 7) is 3.43. The number of amides is 1. The molecule has 0 aromatic heterocycles. The molecule has 0 aromatic rings. The van der Waals surface area contributed by atoms with Crippen LogP contribution in [-0.4, -0.2) is 36.5 Å². The van der Waals surface area contributed by atoms with Gasteiger partial charge in [0.1, 0.15) is 0 Å². The van der Waals surface area contributed by atoms with Gasteiger partial charge in [-0.2, -0.15) is 0 Å². The zero-order valence-electron chi connectivity index (χ0n) is 11.7. The van der Waals surface area contributed by atoms with Gasteiger partial charge in [0.25, 0.3) is 5.91 Å². The molecule has 1 aliphatic heterocycles. The second-order valence-corrected chi connectivity index (χ2v) is 5.57. The van der Waals surface area contributed by atoms with Crippen LogP contribution in [0.4, 0.5) is 0 Å². The summed E-state index contributed by atoms with van der Waals surface area (Å²) in [4.78, 5) is 25.3. The average molecular weight is 265 g/mol. The second kappa shape index (κ2) is 6.73. The molecule has 0 N–H and O–H groups in total. The molecule has 0 bridgehead atoms. The summed E-state index contributed by atoms with van der Waals surface area (Å²) in [5, 5.41) is 0. The van der Waals surface area contributed by atoms with Crippen molar-refractivity contribution in [2.24, 2.45) is 5.92 Å². The Kier molecular flexibility index (Phi) is 5.00. The molecule has 0 unspecified atom stereocenters. The zero-order valence-corrected chi connectivity index (χ0v) is 11.7. The average Bonchev–Trinajstić information content (AvgIpc) is 3.21. The normalized spacial score (nSPS) is 20.9. The molecule has 2 aliphatic rings. The van der Waals surface area contributed by atoms with Gasteiger partial charge in [-0.15, -0.1) is 0 Å². The van der Waals surface area contributed by atoms with Crippen LogP contribution < -0.4 is 0 Å². The number of hydrogen-bond acceptors (Lipinski definition) is 3. The van der Waals surface area contributed by atoms with Crippen LogP contribution in [0.5, 0.6) is 0 Å². The van der Waals surface area contributed by atoms with E-state index >= 15 is 0 Å². The first-order chi connectivity index (χ1) is 9.16. The van der Waals surface area contributed by atoms with Crippen molar-refractivity contribution < 1.29 is 14.3 Å². The van der Waals surface area contributed by atoms with Gasteiger partial charge in [-0.3, -0.25) is 4.79 Å². The molecule has 1 amide bonds. The van der Waals surface area contributed by atoms with E-state index < -0.39 is 0 Å². The van der Waals surface area contributed by atoms with E-state index in [4.69, 9.17) is 4.74 Å². The molecular weight excluding hydrogens is 242 g/mol. The van der Waals surface area contributed by atoms with Gasteiger partial charge in [-0.25, -0.2) is 4.79 Å². The molecule has 0 radical (unpaired) electrons. The Morgan fingerprint density at radius 2 is 1.79 bits per heavy atom. The monoisotopic (exact) mass is 265 g/mol. The third-order valence-electron chi connectivity index (χ3n) is 3.86. The molecule has 1 aliphatic carbocycles. The highest BCUT2D eigenvalue weighted by atomic mass is 16.5. The van der Waals surface area contributed by atoms with Crippen molar-refractivity contribution >= 4 is 11.9 Å². The highest BCUT2D eigenvalue weighted by Crippen LogP contribution is 2.35. The van der Waals surface area contributed by atoms with Gasteiger partial charge in [0, 0.05) is 19.2 Å². The molecule has 1 saturated carbocycles. The summed E-state index contributed by atoms with van der Waals surface area (Å²) in [6, 6.07) is 0. The molecule has 1 saturated heterocycles. The molecule has 4 heteroatoms. The van der Waals surface area contributed by atoms with Crippen molar-refractivity contribution in [3.8, 4) is 0 Å². The standard InChI is InChI=1S/C15H23NO3/c1-12(13-6-7-13)10-15(18)19-11-14(17)16-8-4-2-3-5-9-16/h10,13H,2-9,11H2,1H3/b12-10-. The van der Waals surface area contributed by atoms with Crippen LogP contribution in [0.3, 0.4) is 0 Å². The fourth-order valence-electron chi connectivity index (χ4n) is 2.43. The minimum absolute atomic E-state index is 0.0623. The lowest BCUT2D eigenvalue weighted by Crippen LogP contribution is -2.35. The molecule has 0 atom stereocenters. The number of carbonyl (C=O) groups excluding carboxylic acids is 2. The maximum atomic E-state index is 11.9. The Balaban J connectivity index is 1.72. The lowest BCUT2D eigenvalue weighted by molar-refractivity contribution is -0.148. The lowest BCUT2D eigenvalue weighted by atomic mass is 10.2. The summed E-state index contributed by atoms with van der Waals surface area (Å²) in [7, 11) is 0. The quantitative estimate of drug-likeness (QED) is 0.579. The first-order valence-corrected chi connectivity index (χ1v) is 7.29. The number of carbonyl (C=O) groups is 2. The minimum atomic E-state index is -0.382. The Morgan fingerprint density at radius 3 is 2.37 bits per heavy atom. The van der Waals surface area contributed by atoms with E-state index in [9.17, 15) is 9.59 Å². The zero-order chi connectivity index (χ0) is 13.7. The summed E-state index contributed by atoms with van der Waals surface area (Å²) >= 11 is 0. The van der Waals surface area contributed by atoms with Crippen molar-refractivity contribution in [3.05, 3.63) is 11.6 Å². The van der Waals surface area contributed by atoms with Crippen molar-refractivity contribution in [1.29, 1.82) is 0 Å². The third kappa shape index (κ3) is 4.69. The molecule has 4 nitrogen and oxygen atoms in total. The fraction of sp³-hybridized carbons (Fsp3) is 0.733. The predicted molar refractivity (Wildman–Crippen MR) is 72.5 cm³/mol. The topological polar surface area (TPSA) is 46.6 Å². The SMILES string of the molecule is C/C(=C/C(=O)OCC(=O)N1CCCCCC1)C1CC1. The van der Waals surface area contributed by atoms with E-state index in [0.29, 0.717) is 5.92 Å². The van der Waals surface area contributed by atoms with E-state index in [1.807, 2.05) is 11.8 Å². The first-order valence-electron chi connectivity index (χ1n) is 7.29. The van der Waals surface area contributed by atoms with E-state index in [1.54, 1.807) is 0 Å². The largest absolute Gasteiger partial charge is 0.452 e. The molecular formula is C15H23NO3. The lowest BCUT2D eigenvalue weighted by Gasteiger charge is -2.19. The van der Waals surface area contributed by atoms with Gasteiger partial charge in [0.2, 0.25) is 0 Å². The highest BCUT2D eigenvalue weighted by Gasteiger charge is 2.24. The molecule has 2 fully saturated rings. The minimum Gasteiger partial charge on any atom is -0.452 e. The number of ether oxygens (including phenoxy) is 1. The van der Waals surface area contributed by atoms with Crippen LogP contribution in [-0.2, 0) is 14.3 Å². The summed E-state index contributed by atoms with van der Waals surface area (Å²) < 4.78 is 5.04. The maximum Gasteiger partial charge on any atom is 0.331 e. The fourth-order valence-corrected chi connectivity index (χ4v) is 2.43. The number of nitrogens with zero attached hydrogens (tertiary/aromatic N) is 1. The molecule has 0 spiro atoms. The Labute approximate surface area is 114 Å². The van der Waals surface area contributed by atoms with E-state index in [1.165, 1.54) is 31.8 Å². The molecule has 106 valence electrons. The summed E-state index contributed by atoms with van der Waals surface area (Å²) in [5.41, 5.74) is 1.08. The van der Waals surface area contributed by atoms with E-state index in [2.05, 4.69) is 0 Å². The number of likely N-dealkylation sites (tertiary alicyclic amines) is 1. The predicted octanol–water partition coefficient (Wildman–Crippen LogP) is 2.29. The number of rotatable bonds is 4. The van der Waals surface area contributed by atoms with Crippen LogP contribution in [0, 0.1) is 5.92 Å². The van der Waals surface area contributed by atoms with Gasteiger partial charge < -0.3 is 9.64 Å². The number of hydrogen-bond donors (Lipinski definition) is 0. The van der Waals surface area contributed by atoms with Crippen LogP contribution in [0.2, 0.25) is 0 Å². The number of allylic oxidation sites excluding steroid dienone is 1. The van der Waals surface area contributed by atoms with Crippen molar-refractivity contribution in [3.63, 3.8) is 0 Å². The van der Waals surface area contributed by atoms with Crippen LogP contribution >= 0.6 is 0 Å². The van der Waals surface area contributed by atoms with Gasteiger partial charge in [-0.05, 0) is 38.5 Å². The Hall–Kier alpha value is -1.32. The van der Waals surface area contributed by atoms with Gasteiger partial charge in [-0.1, -0.05) is 18.4 Å². The van der Waals surface area contributed by atoms with E-state index in [-0.39, 0.29) is 18.5 Å².